The number of hydrogen-bond acceptors (Lipinski definition) is 4. The molecule has 3 aliphatic carbocycles. The molecule has 0 unspecified atom stereocenters. The Labute approximate surface area is 144 Å². The lowest BCUT2D eigenvalue weighted by Crippen LogP contribution is -2.50. The van der Waals surface area contributed by atoms with E-state index in [-0.39, 0.29) is 17.9 Å². The highest BCUT2D eigenvalue weighted by atomic mass is 16.6. The zero-order valence-electron chi connectivity index (χ0n) is 14.8. The molecule has 24 heavy (non-hydrogen) atoms. The molecule has 4 atom stereocenters. The molecule has 6 heteroatoms. The van der Waals surface area contributed by atoms with Crippen molar-refractivity contribution >= 4 is 5.97 Å². The van der Waals surface area contributed by atoms with Gasteiger partial charge in [0.1, 0.15) is 0 Å². The number of carbonyl (C=O) groups is 1. The SMILES string of the molecule is C[C@H](N)C1CCCCC1.O=C(O)C[C@@]1(C[N+](=O)[O-])C[C@H]2CCC[C@H]21. The number of hydrogen-bond donors (Lipinski definition) is 2. The van der Waals surface area contributed by atoms with Gasteiger partial charge in [-0.2, -0.15) is 0 Å². The van der Waals surface area contributed by atoms with Gasteiger partial charge in [0.25, 0.3) is 0 Å². The van der Waals surface area contributed by atoms with Crippen LogP contribution in [0.15, 0.2) is 0 Å². The number of nitro groups is 1. The van der Waals surface area contributed by atoms with Gasteiger partial charge < -0.3 is 10.8 Å². The van der Waals surface area contributed by atoms with Crippen LogP contribution in [0.4, 0.5) is 0 Å². The molecule has 0 heterocycles. The normalized spacial score (nSPS) is 33.6. The zero-order valence-corrected chi connectivity index (χ0v) is 14.8. The molecule has 3 fully saturated rings. The summed E-state index contributed by atoms with van der Waals surface area (Å²) >= 11 is 0. The standard InChI is InChI=1S/C10H15NO4.C8H17N/c12-9(13)5-10(6-11(14)15)4-7-2-1-3-8(7)10;1-7(9)8-5-3-2-4-6-8/h7-8H,1-6H2,(H,12,13);7-8H,2-6,9H2,1H3/t7-,8-,10-;7-/m10/s1. The highest BCUT2D eigenvalue weighted by Crippen LogP contribution is 2.60. The number of carboxylic acids is 1. The lowest BCUT2D eigenvalue weighted by molar-refractivity contribution is -0.506. The van der Waals surface area contributed by atoms with Crippen LogP contribution in [-0.4, -0.2) is 28.6 Å². The second-order valence-electron chi connectivity index (χ2n) is 8.18. The summed E-state index contributed by atoms with van der Waals surface area (Å²) in [5, 5.41) is 19.4. The van der Waals surface area contributed by atoms with E-state index < -0.39 is 11.4 Å². The van der Waals surface area contributed by atoms with Crippen molar-refractivity contribution in [3.8, 4) is 0 Å². The second kappa shape index (κ2) is 8.28. The lowest BCUT2D eigenvalue weighted by Gasteiger charge is -2.49. The molecule has 3 aliphatic rings. The van der Waals surface area contributed by atoms with E-state index in [1.807, 2.05) is 0 Å². The predicted molar refractivity (Wildman–Crippen MR) is 92.2 cm³/mol. The molecule has 0 aliphatic heterocycles. The van der Waals surface area contributed by atoms with Crippen LogP contribution in [0.1, 0.15) is 71.1 Å². The van der Waals surface area contributed by atoms with E-state index >= 15 is 0 Å². The van der Waals surface area contributed by atoms with Gasteiger partial charge in [-0.1, -0.05) is 32.1 Å². The maximum absolute atomic E-state index is 10.8. The summed E-state index contributed by atoms with van der Waals surface area (Å²) in [5.74, 6) is 0.782. The molecule has 0 aromatic rings. The van der Waals surface area contributed by atoms with Gasteiger partial charge >= 0.3 is 5.97 Å². The first-order valence-corrected chi connectivity index (χ1v) is 9.43. The van der Waals surface area contributed by atoms with Crippen LogP contribution in [0.2, 0.25) is 0 Å². The summed E-state index contributed by atoms with van der Waals surface area (Å²) in [6, 6.07) is 0.435. The smallest absolute Gasteiger partial charge is 0.304 e. The van der Waals surface area contributed by atoms with E-state index in [1.165, 1.54) is 32.1 Å². The van der Waals surface area contributed by atoms with E-state index in [9.17, 15) is 14.9 Å². The topological polar surface area (TPSA) is 106 Å². The van der Waals surface area contributed by atoms with Crippen molar-refractivity contribution in [3.05, 3.63) is 10.1 Å². The Morgan fingerprint density at radius 2 is 1.92 bits per heavy atom. The molecule has 6 nitrogen and oxygen atoms in total. The molecule has 0 saturated heterocycles. The first kappa shape index (κ1) is 19.2. The van der Waals surface area contributed by atoms with Crippen LogP contribution in [-0.2, 0) is 4.79 Å². The van der Waals surface area contributed by atoms with E-state index in [2.05, 4.69) is 6.92 Å². The first-order valence-electron chi connectivity index (χ1n) is 9.43. The van der Waals surface area contributed by atoms with E-state index in [0.717, 1.165) is 31.6 Å². The van der Waals surface area contributed by atoms with Crippen LogP contribution in [0.25, 0.3) is 0 Å². The summed E-state index contributed by atoms with van der Waals surface area (Å²) in [5.41, 5.74) is 5.24. The van der Waals surface area contributed by atoms with E-state index in [0.29, 0.717) is 17.9 Å². The van der Waals surface area contributed by atoms with Gasteiger partial charge in [0.05, 0.1) is 6.42 Å². The van der Waals surface area contributed by atoms with Crippen molar-refractivity contribution in [2.75, 3.05) is 6.54 Å². The van der Waals surface area contributed by atoms with Crippen LogP contribution in [0, 0.1) is 33.3 Å². The van der Waals surface area contributed by atoms with Crippen molar-refractivity contribution in [3.63, 3.8) is 0 Å². The maximum Gasteiger partial charge on any atom is 0.304 e. The third-order valence-corrected chi connectivity index (χ3v) is 6.46. The quantitative estimate of drug-likeness (QED) is 0.589. The minimum absolute atomic E-state index is 0.0326. The van der Waals surface area contributed by atoms with Gasteiger partial charge in [-0.05, 0) is 50.4 Å². The average molecular weight is 340 g/mol. The number of rotatable bonds is 5. The number of nitrogens with two attached hydrogens (primary N) is 1. The second-order valence-corrected chi connectivity index (χ2v) is 8.18. The van der Waals surface area contributed by atoms with Crippen molar-refractivity contribution in [2.24, 2.45) is 28.9 Å². The molecular formula is C18H32N2O4. The Hall–Kier alpha value is -1.17. The van der Waals surface area contributed by atoms with Gasteiger partial charge in [0.2, 0.25) is 6.54 Å². The molecule has 0 amide bonds. The highest BCUT2D eigenvalue weighted by Gasteiger charge is 2.58. The van der Waals surface area contributed by atoms with E-state index in [4.69, 9.17) is 10.8 Å². The summed E-state index contributed by atoms with van der Waals surface area (Å²) in [6.45, 7) is 1.97. The maximum atomic E-state index is 10.8. The third kappa shape index (κ3) is 4.68. The summed E-state index contributed by atoms with van der Waals surface area (Å²) < 4.78 is 0. The Bertz CT molecular complexity index is 430. The predicted octanol–water partition coefficient (Wildman–Crippen LogP) is 3.46. The van der Waals surface area contributed by atoms with Gasteiger partial charge in [-0.25, -0.2) is 0 Å². The van der Waals surface area contributed by atoms with Gasteiger partial charge in [0.15, 0.2) is 0 Å². The van der Waals surface area contributed by atoms with Crippen molar-refractivity contribution in [1.29, 1.82) is 0 Å². The van der Waals surface area contributed by atoms with Crippen LogP contribution >= 0.6 is 0 Å². The number of nitrogens with zero attached hydrogens (tertiary/aromatic N) is 1. The minimum atomic E-state index is -0.901. The molecule has 0 bridgehead atoms. The fourth-order valence-electron chi connectivity index (χ4n) is 5.26. The molecule has 0 aromatic heterocycles. The number of fused-ring (bicyclic) bond motifs is 1. The molecule has 0 spiro atoms. The third-order valence-electron chi connectivity index (χ3n) is 6.46. The first-order chi connectivity index (χ1) is 11.3. The van der Waals surface area contributed by atoms with Gasteiger partial charge in [-0.3, -0.25) is 14.9 Å². The van der Waals surface area contributed by atoms with Gasteiger partial charge in [-0.15, -0.1) is 0 Å². The fourth-order valence-corrected chi connectivity index (χ4v) is 5.26. The summed E-state index contributed by atoms with van der Waals surface area (Å²) in [6.07, 6.45) is 10.9. The van der Waals surface area contributed by atoms with Crippen LogP contribution in [0.5, 0.6) is 0 Å². The van der Waals surface area contributed by atoms with Crippen LogP contribution < -0.4 is 5.73 Å². The van der Waals surface area contributed by atoms with Crippen molar-refractivity contribution in [1.82, 2.24) is 0 Å². The Kier molecular flexibility index (Phi) is 6.61. The zero-order chi connectivity index (χ0) is 17.7. The Balaban J connectivity index is 0.000000198. The summed E-state index contributed by atoms with van der Waals surface area (Å²) in [7, 11) is 0. The Morgan fingerprint density at radius 3 is 2.38 bits per heavy atom. The number of carboxylic acid groups (broad SMARTS) is 1. The van der Waals surface area contributed by atoms with Crippen molar-refractivity contribution in [2.45, 2.75) is 77.2 Å². The largest absolute Gasteiger partial charge is 0.481 e. The monoisotopic (exact) mass is 340 g/mol. The molecular weight excluding hydrogens is 308 g/mol. The molecule has 3 N–H and O–H groups in total. The van der Waals surface area contributed by atoms with Gasteiger partial charge in [0, 0.05) is 16.4 Å². The molecule has 138 valence electrons. The highest BCUT2D eigenvalue weighted by molar-refractivity contribution is 5.68. The van der Waals surface area contributed by atoms with Crippen LogP contribution in [0.3, 0.4) is 0 Å². The Morgan fingerprint density at radius 1 is 1.25 bits per heavy atom. The summed E-state index contributed by atoms with van der Waals surface area (Å²) in [4.78, 5) is 21.0. The molecule has 0 aromatic carbocycles. The minimum Gasteiger partial charge on any atom is -0.481 e. The lowest BCUT2D eigenvalue weighted by atomic mass is 9.53. The van der Waals surface area contributed by atoms with E-state index in [1.54, 1.807) is 0 Å². The fraction of sp³-hybridized carbons (Fsp3) is 0.944. The molecule has 0 radical (unpaired) electrons. The number of aliphatic carboxylic acids is 1. The molecule has 3 saturated carbocycles. The average Bonchev–Trinajstić information content (AvgIpc) is 2.90. The van der Waals surface area contributed by atoms with Crippen molar-refractivity contribution < 1.29 is 14.8 Å². The molecule has 3 rings (SSSR count).